The normalized spacial score (nSPS) is 10.3. The van der Waals surface area contributed by atoms with Gasteiger partial charge in [-0.1, -0.05) is 12.1 Å². The van der Waals surface area contributed by atoms with Crippen LogP contribution in [0.1, 0.15) is 35.2 Å². The third-order valence-corrected chi connectivity index (χ3v) is 2.99. The highest BCUT2D eigenvalue weighted by Gasteiger charge is 2.03. The zero-order valence-electron chi connectivity index (χ0n) is 10.7. The third kappa shape index (κ3) is 5.52. The largest absolute Gasteiger partial charge is 0.385 e. The molecule has 0 radical (unpaired) electrons. The number of hydrogen-bond donors (Lipinski definition) is 1. The molecule has 0 heterocycles. The Morgan fingerprint density at radius 1 is 1.22 bits per heavy atom. The van der Waals surface area contributed by atoms with E-state index < -0.39 is 0 Å². The van der Waals surface area contributed by atoms with Gasteiger partial charge >= 0.3 is 0 Å². The van der Waals surface area contributed by atoms with Gasteiger partial charge in [0.25, 0.3) is 5.91 Å². The Hall–Kier alpha value is -1.06. The lowest BCUT2D eigenvalue weighted by Crippen LogP contribution is -2.24. The van der Waals surface area contributed by atoms with Gasteiger partial charge in [-0.15, -0.1) is 11.6 Å². The fourth-order valence-corrected chi connectivity index (χ4v) is 1.78. The summed E-state index contributed by atoms with van der Waals surface area (Å²) in [5, 5.41) is 2.90. The smallest absolute Gasteiger partial charge is 0.251 e. The maximum absolute atomic E-state index is 11.8. The summed E-state index contributed by atoms with van der Waals surface area (Å²) in [6, 6.07) is 7.36. The van der Waals surface area contributed by atoms with Crippen LogP contribution in [0.3, 0.4) is 0 Å². The first-order valence-electron chi connectivity index (χ1n) is 6.20. The fourth-order valence-electron chi connectivity index (χ4n) is 1.60. The van der Waals surface area contributed by atoms with Crippen molar-refractivity contribution in [2.24, 2.45) is 0 Å². The average molecular weight is 270 g/mol. The Kier molecular flexibility index (Phi) is 7.46. The molecular formula is C14H20ClNO2. The SMILES string of the molecule is COCCCCCNC(=O)c1ccc(CCl)cc1. The van der Waals surface area contributed by atoms with Crippen LogP contribution in [0.4, 0.5) is 0 Å². The van der Waals surface area contributed by atoms with Crippen molar-refractivity contribution in [3.8, 4) is 0 Å². The van der Waals surface area contributed by atoms with Crippen LogP contribution in [-0.2, 0) is 10.6 Å². The summed E-state index contributed by atoms with van der Waals surface area (Å²) in [5.74, 6) is 0.448. The standard InChI is InChI=1S/C14H20ClNO2/c1-18-10-4-2-3-9-16-14(17)13-7-5-12(11-15)6-8-13/h5-8H,2-4,9-11H2,1H3,(H,16,17). The Balaban J connectivity index is 2.23. The predicted molar refractivity (Wildman–Crippen MR) is 74.1 cm³/mol. The van der Waals surface area contributed by atoms with Crippen LogP contribution < -0.4 is 5.32 Å². The number of alkyl halides is 1. The molecule has 0 bridgehead atoms. The van der Waals surface area contributed by atoms with Crippen molar-refractivity contribution >= 4 is 17.5 Å². The Morgan fingerprint density at radius 3 is 2.56 bits per heavy atom. The number of methoxy groups -OCH3 is 1. The number of rotatable bonds is 8. The summed E-state index contributed by atoms with van der Waals surface area (Å²) >= 11 is 5.69. The van der Waals surface area contributed by atoms with Crippen LogP contribution in [-0.4, -0.2) is 26.2 Å². The minimum atomic E-state index is -0.0251. The molecule has 0 atom stereocenters. The Labute approximate surface area is 113 Å². The van der Waals surface area contributed by atoms with E-state index in [9.17, 15) is 4.79 Å². The van der Waals surface area contributed by atoms with Crippen LogP contribution in [0.25, 0.3) is 0 Å². The maximum atomic E-state index is 11.8. The molecule has 1 aromatic carbocycles. The molecule has 3 nitrogen and oxygen atoms in total. The lowest BCUT2D eigenvalue weighted by molar-refractivity contribution is 0.0952. The maximum Gasteiger partial charge on any atom is 0.251 e. The molecule has 0 fully saturated rings. The van der Waals surface area contributed by atoms with E-state index in [-0.39, 0.29) is 5.91 Å². The van der Waals surface area contributed by atoms with E-state index in [4.69, 9.17) is 16.3 Å². The van der Waals surface area contributed by atoms with Gasteiger partial charge < -0.3 is 10.1 Å². The highest BCUT2D eigenvalue weighted by atomic mass is 35.5. The van der Waals surface area contributed by atoms with E-state index in [2.05, 4.69) is 5.32 Å². The summed E-state index contributed by atoms with van der Waals surface area (Å²) in [6.45, 7) is 1.49. The van der Waals surface area contributed by atoms with Gasteiger partial charge in [0.05, 0.1) is 0 Å². The van der Waals surface area contributed by atoms with Gasteiger partial charge in [0.2, 0.25) is 0 Å². The van der Waals surface area contributed by atoms with Crippen LogP contribution in [0.2, 0.25) is 0 Å². The van der Waals surface area contributed by atoms with Crippen molar-refractivity contribution in [2.75, 3.05) is 20.3 Å². The van der Waals surface area contributed by atoms with Crippen LogP contribution in [0, 0.1) is 0 Å². The van der Waals surface area contributed by atoms with Gasteiger partial charge in [0.15, 0.2) is 0 Å². The number of carbonyl (C=O) groups is 1. The predicted octanol–water partition coefficient (Wildman–Crippen LogP) is 2.97. The second-order valence-corrected chi connectivity index (χ2v) is 4.41. The lowest BCUT2D eigenvalue weighted by atomic mass is 10.1. The molecule has 0 saturated heterocycles. The second kappa shape index (κ2) is 8.95. The number of hydrogen-bond acceptors (Lipinski definition) is 2. The summed E-state index contributed by atoms with van der Waals surface area (Å²) < 4.78 is 4.96. The highest BCUT2D eigenvalue weighted by molar-refractivity contribution is 6.17. The average Bonchev–Trinajstić information content (AvgIpc) is 2.42. The van der Waals surface area contributed by atoms with Gasteiger partial charge in [-0.25, -0.2) is 0 Å². The Morgan fingerprint density at radius 2 is 1.94 bits per heavy atom. The summed E-state index contributed by atoms with van der Waals surface area (Å²) in [7, 11) is 1.70. The zero-order valence-corrected chi connectivity index (χ0v) is 11.5. The lowest BCUT2D eigenvalue weighted by Gasteiger charge is -2.05. The van der Waals surface area contributed by atoms with Crippen molar-refractivity contribution in [1.82, 2.24) is 5.32 Å². The van der Waals surface area contributed by atoms with Crippen molar-refractivity contribution in [1.29, 1.82) is 0 Å². The van der Waals surface area contributed by atoms with Crippen LogP contribution >= 0.6 is 11.6 Å². The number of carbonyl (C=O) groups excluding carboxylic acids is 1. The highest BCUT2D eigenvalue weighted by Crippen LogP contribution is 2.06. The number of halogens is 1. The minimum Gasteiger partial charge on any atom is -0.385 e. The fraction of sp³-hybridized carbons (Fsp3) is 0.500. The van der Waals surface area contributed by atoms with E-state index in [1.807, 2.05) is 12.1 Å². The van der Waals surface area contributed by atoms with Crippen molar-refractivity contribution in [3.05, 3.63) is 35.4 Å². The molecule has 0 aliphatic carbocycles. The van der Waals surface area contributed by atoms with E-state index >= 15 is 0 Å². The first kappa shape index (κ1) is 15.0. The van der Waals surface area contributed by atoms with Gasteiger partial charge in [0.1, 0.15) is 0 Å². The van der Waals surface area contributed by atoms with Crippen molar-refractivity contribution in [3.63, 3.8) is 0 Å². The quantitative estimate of drug-likeness (QED) is 0.582. The van der Waals surface area contributed by atoms with E-state index in [1.54, 1.807) is 19.2 Å². The summed E-state index contributed by atoms with van der Waals surface area (Å²) in [5.41, 5.74) is 1.70. The number of benzene rings is 1. The topological polar surface area (TPSA) is 38.3 Å². The van der Waals surface area contributed by atoms with Crippen molar-refractivity contribution < 1.29 is 9.53 Å². The zero-order chi connectivity index (χ0) is 13.2. The van der Waals surface area contributed by atoms with Gasteiger partial charge in [-0.2, -0.15) is 0 Å². The summed E-state index contributed by atoms with van der Waals surface area (Å²) in [4.78, 5) is 11.8. The monoisotopic (exact) mass is 269 g/mol. The molecule has 1 N–H and O–H groups in total. The van der Waals surface area contributed by atoms with Gasteiger partial charge in [0, 0.05) is 31.7 Å². The number of amides is 1. The van der Waals surface area contributed by atoms with Crippen LogP contribution in [0.15, 0.2) is 24.3 Å². The van der Waals surface area contributed by atoms with Gasteiger partial charge in [-0.05, 0) is 37.0 Å². The number of nitrogens with one attached hydrogen (secondary N) is 1. The molecule has 18 heavy (non-hydrogen) atoms. The number of unbranched alkanes of at least 4 members (excludes halogenated alkanes) is 2. The molecule has 100 valence electrons. The molecule has 0 aromatic heterocycles. The molecule has 0 aliphatic heterocycles. The first-order valence-corrected chi connectivity index (χ1v) is 6.73. The van der Waals surface area contributed by atoms with E-state index in [0.29, 0.717) is 18.0 Å². The molecular weight excluding hydrogens is 250 g/mol. The molecule has 0 spiro atoms. The van der Waals surface area contributed by atoms with E-state index in [0.717, 1.165) is 31.4 Å². The van der Waals surface area contributed by atoms with E-state index in [1.165, 1.54) is 0 Å². The molecule has 1 aromatic rings. The molecule has 1 amide bonds. The third-order valence-electron chi connectivity index (χ3n) is 2.68. The second-order valence-electron chi connectivity index (χ2n) is 4.14. The molecule has 1 rings (SSSR count). The first-order chi connectivity index (χ1) is 8.77. The minimum absolute atomic E-state index is 0.0251. The number of ether oxygens (including phenoxy) is 1. The summed E-state index contributed by atoms with van der Waals surface area (Å²) in [6.07, 6.45) is 3.09. The van der Waals surface area contributed by atoms with Crippen molar-refractivity contribution in [2.45, 2.75) is 25.1 Å². The molecule has 4 heteroatoms. The molecule has 0 unspecified atom stereocenters. The molecule has 0 aliphatic rings. The molecule has 0 saturated carbocycles. The Bertz CT molecular complexity index is 351. The van der Waals surface area contributed by atoms with Crippen LogP contribution in [0.5, 0.6) is 0 Å². The van der Waals surface area contributed by atoms with Gasteiger partial charge in [-0.3, -0.25) is 4.79 Å².